The summed E-state index contributed by atoms with van der Waals surface area (Å²) in [4.78, 5) is 7.28. The fraction of sp³-hybridized carbons (Fsp3) is 0.286. The molecule has 1 aliphatic rings. The van der Waals surface area contributed by atoms with Crippen molar-refractivity contribution >= 4 is 17.5 Å². The maximum absolute atomic E-state index is 13.6. The van der Waals surface area contributed by atoms with E-state index in [9.17, 15) is 22.0 Å². The zero-order valence-electron chi connectivity index (χ0n) is 11.6. The van der Waals surface area contributed by atoms with Crippen molar-refractivity contribution in [1.82, 2.24) is 9.97 Å². The number of alkyl halides is 3. The molecule has 0 radical (unpaired) electrons. The predicted octanol–water partition coefficient (Wildman–Crippen LogP) is 4.09. The van der Waals surface area contributed by atoms with Gasteiger partial charge in [0.15, 0.2) is 5.69 Å². The third-order valence-electron chi connectivity index (χ3n) is 3.12. The van der Waals surface area contributed by atoms with Crippen LogP contribution in [0.5, 0.6) is 0 Å². The van der Waals surface area contributed by atoms with Gasteiger partial charge < -0.3 is 10.6 Å². The second-order valence-corrected chi connectivity index (χ2v) is 5.13. The topological polar surface area (TPSA) is 49.8 Å². The first-order chi connectivity index (χ1) is 10.8. The molecule has 1 fully saturated rings. The molecular weight excluding hydrogens is 319 g/mol. The van der Waals surface area contributed by atoms with E-state index in [1.54, 1.807) is 0 Å². The van der Waals surface area contributed by atoms with Crippen LogP contribution in [0.1, 0.15) is 18.5 Å². The molecule has 0 amide bonds. The molecule has 2 N–H and O–H groups in total. The Balaban J connectivity index is 1.94. The molecule has 1 aromatic carbocycles. The van der Waals surface area contributed by atoms with Gasteiger partial charge in [-0.25, -0.2) is 13.8 Å². The fourth-order valence-corrected chi connectivity index (χ4v) is 1.86. The number of nitrogens with one attached hydrogen (secondary N) is 2. The maximum atomic E-state index is 13.6. The third kappa shape index (κ3) is 3.85. The largest absolute Gasteiger partial charge is 0.433 e. The molecule has 1 heterocycles. The summed E-state index contributed by atoms with van der Waals surface area (Å²) in [5, 5.41) is 5.10. The van der Waals surface area contributed by atoms with Gasteiger partial charge in [0.25, 0.3) is 0 Å². The van der Waals surface area contributed by atoms with E-state index in [0.717, 1.165) is 31.0 Å². The molecule has 23 heavy (non-hydrogen) atoms. The lowest BCUT2D eigenvalue weighted by Gasteiger charge is -2.13. The molecule has 1 aliphatic carbocycles. The zero-order valence-corrected chi connectivity index (χ0v) is 11.6. The van der Waals surface area contributed by atoms with Gasteiger partial charge in [-0.15, -0.1) is 0 Å². The SMILES string of the molecule is Fc1ccc(F)c(Nc2cc(C(F)(F)F)nc(NC3CC3)n2)c1. The third-order valence-corrected chi connectivity index (χ3v) is 3.12. The molecule has 9 heteroatoms. The summed E-state index contributed by atoms with van der Waals surface area (Å²) in [6.07, 6.45) is -3.04. The normalized spacial score (nSPS) is 14.7. The molecule has 3 rings (SSSR count). The summed E-state index contributed by atoms with van der Waals surface area (Å²) in [5.41, 5.74) is -1.48. The standard InChI is InChI=1S/C14H11F5N4/c15-7-1-4-9(16)10(5-7)21-12-6-11(14(17,18)19)22-13(23-12)20-8-2-3-8/h1,4-6,8H,2-3H2,(H2,20,21,22,23). The summed E-state index contributed by atoms with van der Waals surface area (Å²) in [6, 6.07) is 3.28. The lowest BCUT2D eigenvalue weighted by atomic mass is 10.3. The van der Waals surface area contributed by atoms with Crippen molar-refractivity contribution in [2.24, 2.45) is 0 Å². The van der Waals surface area contributed by atoms with E-state index in [1.165, 1.54) is 0 Å². The molecule has 4 nitrogen and oxygen atoms in total. The fourth-order valence-electron chi connectivity index (χ4n) is 1.86. The minimum absolute atomic E-state index is 0.0391. The molecule has 1 saturated carbocycles. The second kappa shape index (κ2) is 5.64. The Kier molecular flexibility index (Phi) is 3.78. The monoisotopic (exact) mass is 330 g/mol. The number of aromatic nitrogens is 2. The smallest absolute Gasteiger partial charge is 0.351 e. The second-order valence-electron chi connectivity index (χ2n) is 5.13. The Morgan fingerprint density at radius 3 is 2.43 bits per heavy atom. The molecule has 1 aromatic heterocycles. The van der Waals surface area contributed by atoms with E-state index in [1.807, 2.05) is 0 Å². The number of halogens is 5. The molecule has 0 spiro atoms. The first-order valence-electron chi connectivity index (χ1n) is 6.76. The highest BCUT2D eigenvalue weighted by molar-refractivity contribution is 5.58. The van der Waals surface area contributed by atoms with E-state index >= 15 is 0 Å². The number of hydrogen-bond acceptors (Lipinski definition) is 4. The average Bonchev–Trinajstić information content (AvgIpc) is 3.26. The van der Waals surface area contributed by atoms with Gasteiger partial charge in [-0.05, 0) is 25.0 Å². The lowest BCUT2D eigenvalue weighted by molar-refractivity contribution is -0.141. The summed E-state index contributed by atoms with van der Waals surface area (Å²) in [7, 11) is 0. The van der Waals surface area contributed by atoms with E-state index in [-0.39, 0.29) is 23.5 Å². The predicted molar refractivity (Wildman–Crippen MR) is 73.3 cm³/mol. The van der Waals surface area contributed by atoms with Crippen LogP contribution in [-0.2, 0) is 6.18 Å². The Hall–Kier alpha value is -2.45. The summed E-state index contributed by atoms with van der Waals surface area (Å²) < 4.78 is 65.5. The van der Waals surface area contributed by atoms with Crippen molar-refractivity contribution < 1.29 is 22.0 Å². The Bertz CT molecular complexity index is 728. The van der Waals surface area contributed by atoms with E-state index in [4.69, 9.17) is 0 Å². The van der Waals surface area contributed by atoms with Crippen LogP contribution in [0.4, 0.5) is 39.4 Å². The maximum Gasteiger partial charge on any atom is 0.433 e. The molecule has 2 aromatic rings. The van der Waals surface area contributed by atoms with Gasteiger partial charge in [-0.1, -0.05) is 0 Å². The quantitative estimate of drug-likeness (QED) is 0.829. The van der Waals surface area contributed by atoms with Crippen molar-refractivity contribution in [3.05, 3.63) is 41.6 Å². The number of hydrogen-bond donors (Lipinski definition) is 2. The molecule has 0 bridgehead atoms. The van der Waals surface area contributed by atoms with Crippen LogP contribution in [0.3, 0.4) is 0 Å². The van der Waals surface area contributed by atoms with Crippen LogP contribution in [0.2, 0.25) is 0 Å². The van der Waals surface area contributed by atoms with Crippen molar-refractivity contribution in [2.75, 3.05) is 10.6 Å². The van der Waals surface area contributed by atoms with Crippen LogP contribution < -0.4 is 10.6 Å². The number of rotatable bonds is 4. The number of anilines is 3. The highest BCUT2D eigenvalue weighted by Gasteiger charge is 2.34. The van der Waals surface area contributed by atoms with E-state index in [0.29, 0.717) is 6.07 Å². The van der Waals surface area contributed by atoms with E-state index in [2.05, 4.69) is 20.6 Å². The minimum Gasteiger partial charge on any atom is -0.351 e. The van der Waals surface area contributed by atoms with Gasteiger partial charge in [0.2, 0.25) is 5.95 Å². The number of benzene rings is 1. The highest BCUT2D eigenvalue weighted by Crippen LogP contribution is 2.32. The van der Waals surface area contributed by atoms with E-state index < -0.39 is 23.5 Å². The van der Waals surface area contributed by atoms with Gasteiger partial charge in [0.1, 0.15) is 17.5 Å². The molecular formula is C14H11F5N4. The minimum atomic E-state index is -4.68. The first kappa shape index (κ1) is 15.4. The molecule has 0 aliphatic heterocycles. The highest BCUT2D eigenvalue weighted by atomic mass is 19.4. The number of nitrogens with zero attached hydrogens (tertiary/aromatic N) is 2. The Labute approximate surface area is 127 Å². The van der Waals surface area contributed by atoms with Crippen molar-refractivity contribution in [3.8, 4) is 0 Å². The lowest BCUT2D eigenvalue weighted by Crippen LogP contribution is -2.14. The van der Waals surface area contributed by atoms with Crippen LogP contribution in [0, 0.1) is 11.6 Å². The summed E-state index contributed by atoms with van der Waals surface area (Å²) in [6.45, 7) is 0. The average molecular weight is 330 g/mol. The Morgan fingerprint density at radius 2 is 1.78 bits per heavy atom. The molecule has 0 atom stereocenters. The van der Waals surface area contributed by atoms with Crippen LogP contribution in [0.25, 0.3) is 0 Å². The van der Waals surface area contributed by atoms with Gasteiger partial charge in [-0.3, -0.25) is 0 Å². The van der Waals surface area contributed by atoms with Crippen LogP contribution in [-0.4, -0.2) is 16.0 Å². The summed E-state index contributed by atoms with van der Waals surface area (Å²) in [5.74, 6) is -2.02. The Morgan fingerprint density at radius 1 is 1.04 bits per heavy atom. The van der Waals surface area contributed by atoms with Crippen LogP contribution in [0.15, 0.2) is 24.3 Å². The van der Waals surface area contributed by atoms with Gasteiger partial charge in [0.05, 0.1) is 5.69 Å². The van der Waals surface area contributed by atoms with Gasteiger partial charge >= 0.3 is 6.18 Å². The van der Waals surface area contributed by atoms with Crippen molar-refractivity contribution in [3.63, 3.8) is 0 Å². The van der Waals surface area contributed by atoms with Crippen molar-refractivity contribution in [1.29, 1.82) is 0 Å². The van der Waals surface area contributed by atoms with Gasteiger partial charge in [0, 0.05) is 18.2 Å². The van der Waals surface area contributed by atoms with Gasteiger partial charge in [-0.2, -0.15) is 18.2 Å². The zero-order chi connectivity index (χ0) is 16.6. The molecule has 0 saturated heterocycles. The molecule has 0 unspecified atom stereocenters. The summed E-state index contributed by atoms with van der Waals surface area (Å²) >= 11 is 0. The van der Waals surface area contributed by atoms with Crippen LogP contribution >= 0.6 is 0 Å². The van der Waals surface area contributed by atoms with Crippen molar-refractivity contribution in [2.45, 2.75) is 25.1 Å². The first-order valence-corrected chi connectivity index (χ1v) is 6.76. The molecule has 122 valence electrons.